The van der Waals surface area contributed by atoms with Gasteiger partial charge >= 0.3 is 0 Å². The number of nitrogens with one attached hydrogen (secondary N) is 1. The lowest BCUT2D eigenvalue weighted by molar-refractivity contribution is 0.300. The molecule has 1 N–H and O–H groups in total. The zero-order valence-electron chi connectivity index (χ0n) is 12.9. The summed E-state index contributed by atoms with van der Waals surface area (Å²) >= 11 is 0. The molecule has 0 radical (unpaired) electrons. The molecule has 5 heteroatoms. The minimum Gasteiger partial charge on any atom is -0.339 e. The van der Waals surface area contributed by atoms with Gasteiger partial charge in [-0.2, -0.15) is 4.98 Å². The molecular formula is C14H28N4O. The van der Waals surface area contributed by atoms with Gasteiger partial charge in [0, 0.05) is 19.0 Å². The van der Waals surface area contributed by atoms with Crippen LogP contribution in [-0.2, 0) is 6.42 Å². The van der Waals surface area contributed by atoms with Crippen LogP contribution in [0.3, 0.4) is 0 Å². The Morgan fingerprint density at radius 1 is 1.26 bits per heavy atom. The molecule has 5 nitrogen and oxygen atoms in total. The molecule has 0 amide bonds. The molecule has 110 valence electrons. The van der Waals surface area contributed by atoms with E-state index in [1.165, 1.54) is 0 Å². The highest BCUT2D eigenvalue weighted by Crippen LogP contribution is 2.19. The molecule has 19 heavy (non-hydrogen) atoms. The normalized spacial score (nSPS) is 14.8. The first-order valence-electron chi connectivity index (χ1n) is 7.38. The van der Waals surface area contributed by atoms with Gasteiger partial charge in [0.1, 0.15) is 0 Å². The van der Waals surface area contributed by atoms with Crippen molar-refractivity contribution in [3.63, 3.8) is 0 Å². The van der Waals surface area contributed by atoms with Crippen LogP contribution in [0.1, 0.15) is 51.7 Å². The Morgan fingerprint density at radius 3 is 2.47 bits per heavy atom. The lowest BCUT2D eigenvalue weighted by atomic mass is 10.00. The van der Waals surface area contributed by atoms with Gasteiger partial charge in [0.05, 0.1) is 5.92 Å². The fourth-order valence-electron chi connectivity index (χ4n) is 2.33. The van der Waals surface area contributed by atoms with E-state index < -0.39 is 0 Å². The van der Waals surface area contributed by atoms with E-state index in [1.54, 1.807) is 0 Å². The number of aromatic nitrogens is 2. The highest BCUT2D eigenvalue weighted by Gasteiger charge is 2.21. The molecule has 0 aliphatic heterocycles. The average molecular weight is 268 g/mol. The van der Waals surface area contributed by atoms with E-state index in [2.05, 4.69) is 48.1 Å². The maximum absolute atomic E-state index is 5.39. The largest absolute Gasteiger partial charge is 0.339 e. The van der Waals surface area contributed by atoms with Crippen molar-refractivity contribution < 1.29 is 4.52 Å². The number of hydrogen-bond donors (Lipinski definition) is 1. The van der Waals surface area contributed by atoms with Gasteiger partial charge in [0.2, 0.25) is 5.89 Å². The zero-order chi connectivity index (χ0) is 14.3. The summed E-state index contributed by atoms with van der Waals surface area (Å²) in [6.45, 7) is 11.8. The second-order valence-corrected chi connectivity index (χ2v) is 4.92. The molecule has 0 spiro atoms. The highest BCUT2D eigenvalue weighted by molar-refractivity contribution is 4.97. The minimum atomic E-state index is 0.254. The lowest BCUT2D eigenvalue weighted by Gasteiger charge is -2.18. The van der Waals surface area contributed by atoms with E-state index >= 15 is 0 Å². The lowest BCUT2D eigenvalue weighted by Crippen LogP contribution is -2.30. The van der Waals surface area contributed by atoms with Gasteiger partial charge in [-0.25, -0.2) is 0 Å². The van der Waals surface area contributed by atoms with Gasteiger partial charge in [-0.05, 0) is 26.6 Å². The van der Waals surface area contributed by atoms with Crippen molar-refractivity contribution in [3.8, 4) is 0 Å². The highest BCUT2D eigenvalue weighted by atomic mass is 16.5. The van der Waals surface area contributed by atoms with E-state index in [0.29, 0.717) is 6.04 Å². The Kier molecular flexibility index (Phi) is 7.02. The molecule has 0 aromatic carbocycles. The number of rotatable bonds is 9. The fraction of sp³-hybridized carbons (Fsp3) is 0.857. The second kappa shape index (κ2) is 8.27. The van der Waals surface area contributed by atoms with Gasteiger partial charge in [0.25, 0.3) is 0 Å². The van der Waals surface area contributed by atoms with E-state index in [1.807, 2.05) is 7.05 Å². The molecule has 0 fully saturated rings. The summed E-state index contributed by atoms with van der Waals surface area (Å²) in [4.78, 5) is 6.89. The Hall–Kier alpha value is -0.940. The maximum Gasteiger partial charge on any atom is 0.231 e. The van der Waals surface area contributed by atoms with Gasteiger partial charge < -0.3 is 14.7 Å². The third-order valence-electron chi connectivity index (χ3n) is 3.83. The van der Waals surface area contributed by atoms with E-state index in [-0.39, 0.29) is 5.92 Å². The topological polar surface area (TPSA) is 54.2 Å². The predicted octanol–water partition coefficient (Wildman–Crippen LogP) is 2.06. The summed E-state index contributed by atoms with van der Waals surface area (Å²) in [5.41, 5.74) is 0. The van der Waals surface area contributed by atoms with E-state index in [0.717, 1.165) is 44.2 Å². The summed E-state index contributed by atoms with van der Waals surface area (Å²) in [6, 6.07) is 0.385. The molecule has 0 saturated carbocycles. The smallest absolute Gasteiger partial charge is 0.231 e. The standard InChI is InChI=1S/C14H28N4O/c1-6-12(15-5)11(4)14-16-13(17-19-14)9-10-18(7-2)8-3/h11-12,15H,6-10H2,1-5H3. The van der Waals surface area contributed by atoms with Crippen LogP contribution in [-0.4, -0.2) is 47.8 Å². The maximum atomic E-state index is 5.39. The molecule has 1 aromatic rings. The van der Waals surface area contributed by atoms with Crippen molar-refractivity contribution >= 4 is 0 Å². The zero-order valence-corrected chi connectivity index (χ0v) is 12.9. The molecule has 0 saturated heterocycles. The van der Waals surface area contributed by atoms with Crippen molar-refractivity contribution in [2.75, 3.05) is 26.7 Å². The third kappa shape index (κ3) is 4.58. The van der Waals surface area contributed by atoms with Crippen LogP contribution in [0.4, 0.5) is 0 Å². The Labute approximate surface area is 116 Å². The Balaban J connectivity index is 2.56. The molecule has 0 aliphatic carbocycles. The monoisotopic (exact) mass is 268 g/mol. The summed E-state index contributed by atoms with van der Waals surface area (Å²) in [7, 11) is 1.97. The summed E-state index contributed by atoms with van der Waals surface area (Å²) in [6.07, 6.45) is 1.91. The summed E-state index contributed by atoms with van der Waals surface area (Å²) < 4.78 is 5.39. The predicted molar refractivity (Wildman–Crippen MR) is 77.3 cm³/mol. The molecule has 1 rings (SSSR count). The van der Waals surface area contributed by atoms with Crippen molar-refractivity contribution in [1.82, 2.24) is 20.4 Å². The first-order valence-corrected chi connectivity index (χ1v) is 7.38. The fourth-order valence-corrected chi connectivity index (χ4v) is 2.33. The van der Waals surface area contributed by atoms with Crippen LogP contribution in [0.5, 0.6) is 0 Å². The molecule has 2 atom stereocenters. The first-order chi connectivity index (χ1) is 9.15. The Morgan fingerprint density at radius 2 is 1.95 bits per heavy atom. The van der Waals surface area contributed by atoms with Gasteiger partial charge in [0.15, 0.2) is 5.82 Å². The van der Waals surface area contributed by atoms with Crippen LogP contribution < -0.4 is 5.32 Å². The first kappa shape index (κ1) is 16.1. The van der Waals surface area contributed by atoms with Crippen molar-refractivity contribution in [2.24, 2.45) is 0 Å². The van der Waals surface area contributed by atoms with Crippen molar-refractivity contribution in [3.05, 3.63) is 11.7 Å². The number of likely N-dealkylation sites (N-methyl/N-ethyl adjacent to an activating group) is 2. The quantitative estimate of drug-likeness (QED) is 0.743. The van der Waals surface area contributed by atoms with Crippen molar-refractivity contribution in [1.29, 1.82) is 0 Å². The van der Waals surface area contributed by atoms with E-state index in [9.17, 15) is 0 Å². The summed E-state index contributed by atoms with van der Waals surface area (Å²) in [5.74, 6) is 1.82. The number of hydrogen-bond acceptors (Lipinski definition) is 5. The minimum absolute atomic E-state index is 0.254. The van der Waals surface area contributed by atoms with Crippen LogP contribution >= 0.6 is 0 Å². The van der Waals surface area contributed by atoms with Crippen LogP contribution in [0, 0.1) is 0 Å². The SMILES string of the molecule is CCC(NC)C(C)c1nc(CCN(CC)CC)no1. The average Bonchev–Trinajstić information content (AvgIpc) is 2.90. The van der Waals surface area contributed by atoms with Crippen molar-refractivity contribution in [2.45, 2.75) is 52.5 Å². The molecule has 2 unspecified atom stereocenters. The van der Waals surface area contributed by atoms with Crippen LogP contribution in [0.2, 0.25) is 0 Å². The van der Waals surface area contributed by atoms with Crippen LogP contribution in [0.15, 0.2) is 4.52 Å². The van der Waals surface area contributed by atoms with Gasteiger partial charge in [-0.15, -0.1) is 0 Å². The van der Waals surface area contributed by atoms with Gasteiger partial charge in [-0.3, -0.25) is 0 Å². The summed E-state index contributed by atoms with van der Waals surface area (Å²) in [5, 5.41) is 7.38. The molecule has 1 aromatic heterocycles. The number of nitrogens with zero attached hydrogens (tertiary/aromatic N) is 3. The molecule has 1 heterocycles. The molecular weight excluding hydrogens is 240 g/mol. The Bertz CT molecular complexity index is 345. The second-order valence-electron chi connectivity index (χ2n) is 4.92. The third-order valence-corrected chi connectivity index (χ3v) is 3.83. The van der Waals surface area contributed by atoms with E-state index in [4.69, 9.17) is 4.52 Å². The van der Waals surface area contributed by atoms with Crippen LogP contribution in [0.25, 0.3) is 0 Å². The van der Waals surface area contributed by atoms with Gasteiger partial charge in [-0.1, -0.05) is 32.9 Å². The molecule has 0 bridgehead atoms. The molecule has 0 aliphatic rings.